The Bertz CT molecular complexity index is 1010. The molecule has 1 unspecified atom stereocenters. The zero-order valence-electron chi connectivity index (χ0n) is 18.1. The van der Waals surface area contributed by atoms with Crippen LogP contribution in [0.1, 0.15) is 36.8 Å². The zero-order chi connectivity index (χ0) is 21.8. The molecule has 0 saturated carbocycles. The molecule has 2 aliphatic rings. The first kappa shape index (κ1) is 21.0. The number of ether oxygens (including phenoxy) is 1. The molecule has 0 aromatic heterocycles. The molecule has 2 saturated heterocycles. The second-order valence-electron chi connectivity index (χ2n) is 8.32. The van der Waals surface area contributed by atoms with E-state index in [0.29, 0.717) is 39.0 Å². The Hall–Kier alpha value is -3.26. The predicted molar refractivity (Wildman–Crippen MR) is 119 cm³/mol. The van der Waals surface area contributed by atoms with Gasteiger partial charge in [-0.25, -0.2) is 0 Å². The van der Waals surface area contributed by atoms with Crippen LogP contribution in [0.2, 0.25) is 0 Å². The van der Waals surface area contributed by atoms with Gasteiger partial charge >= 0.3 is 0 Å². The molecule has 160 valence electrons. The Kier molecular flexibility index (Phi) is 5.99. The first-order valence-corrected chi connectivity index (χ1v) is 10.8. The van der Waals surface area contributed by atoms with Crippen molar-refractivity contribution in [3.05, 3.63) is 65.7 Å². The van der Waals surface area contributed by atoms with Gasteiger partial charge in [-0.1, -0.05) is 48.4 Å². The number of methoxy groups -OCH3 is 1. The molecule has 2 fully saturated rings. The lowest BCUT2D eigenvalue weighted by Crippen LogP contribution is -2.48. The molecular weight excluding hydrogens is 388 g/mol. The number of amides is 2. The number of likely N-dealkylation sites (tertiary alicyclic amines) is 2. The summed E-state index contributed by atoms with van der Waals surface area (Å²) >= 11 is 0. The molecule has 5 heteroatoms. The number of hydrogen-bond acceptors (Lipinski definition) is 3. The van der Waals surface area contributed by atoms with E-state index in [1.165, 1.54) is 0 Å². The summed E-state index contributed by atoms with van der Waals surface area (Å²) < 4.78 is 5.45. The Morgan fingerprint density at radius 2 is 1.87 bits per heavy atom. The highest BCUT2D eigenvalue weighted by atomic mass is 16.5. The first-order chi connectivity index (χ1) is 15.1. The minimum absolute atomic E-state index is 0.0633. The van der Waals surface area contributed by atoms with Crippen LogP contribution in [-0.4, -0.2) is 48.4 Å². The van der Waals surface area contributed by atoms with E-state index < -0.39 is 5.41 Å². The number of carbonyl (C=O) groups is 2. The van der Waals surface area contributed by atoms with E-state index in [1.807, 2.05) is 41.3 Å². The minimum atomic E-state index is -0.502. The lowest BCUT2D eigenvalue weighted by atomic mass is 9.68. The van der Waals surface area contributed by atoms with E-state index in [2.05, 4.69) is 30.0 Å². The van der Waals surface area contributed by atoms with Gasteiger partial charge in [-0.05, 0) is 48.9 Å². The van der Waals surface area contributed by atoms with E-state index in [0.717, 1.165) is 16.9 Å². The van der Waals surface area contributed by atoms with Crippen LogP contribution in [0.4, 0.5) is 0 Å². The lowest BCUT2D eigenvalue weighted by molar-refractivity contribution is -0.141. The number of nitrogens with zero attached hydrogens (tertiary/aromatic N) is 2. The van der Waals surface area contributed by atoms with E-state index in [-0.39, 0.29) is 17.7 Å². The summed E-state index contributed by atoms with van der Waals surface area (Å²) in [7, 11) is 1.66. The van der Waals surface area contributed by atoms with Gasteiger partial charge in [-0.15, -0.1) is 0 Å². The largest absolute Gasteiger partial charge is 0.497 e. The Morgan fingerprint density at radius 3 is 2.55 bits per heavy atom. The number of rotatable bonds is 4. The Labute approximate surface area is 184 Å². The molecule has 0 aliphatic carbocycles. The van der Waals surface area contributed by atoms with E-state index in [4.69, 9.17) is 4.74 Å². The number of carbonyl (C=O) groups excluding carboxylic acids is 2. The molecule has 0 N–H and O–H groups in total. The molecule has 0 radical (unpaired) electrons. The Morgan fingerprint density at radius 1 is 1.13 bits per heavy atom. The van der Waals surface area contributed by atoms with Crippen molar-refractivity contribution in [3.63, 3.8) is 0 Å². The second-order valence-corrected chi connectivity index (χ2v) is 8.32. The van der Waals surface area contributed by atoms with Crippen LogP contribution in [0.3, 0.4) is 0 Å². The van der Waals surface area contributed by atoms with Gasteiger partial charge in [-0.2, -0.15) is 0 Å². The fourth-order valence-corrected chi connectivity index (χ4v) is 5.02. The molecule has 31 heavy (non-hydrogen) atoms. The standard InChI is InChI=1S/C26H28N2O3/c1-3-8-24(29)27-15-13-26(14-16-27)23(21-11-7-12-22(17-21)31-2)19-28(25(26)30)18-20-9-5-4-6-10-20/h4-7,9-12,17,23H,13-16,18-19H2,1-2H3. The molecule has 2 aliphatic heterocycles. The van der Waals surface area contributed by atoms with Gasteiger partial charge < -0.3 is 14.5 Å². The van der Waals surface area contributed by atoms with Crippen molar-refractivity contribution in [2.45, 2.75) is 32.2 Å². The van der Waals surface area contributed by atoms with Crippen molar-refractivity contribution in [3.8, 4) is 17.6 Å². The summed E-state index contributed by atoms with van der Waals surface area (Å²) in [6, 6.07) is 18.2. The van der Waals surface area contributed by atoms with Gasteiger partial charge in [0, 0.05) is 32.1 Å². The van der Waals surface area contributed by atoms with Crippen molar-refractivity contribution in [1.82, 2.24) is 9.80 Å². The SMILES string of the molecule is CC#CC(=O)N1CCC2(CC1)C(=O)N(Cc1ccccc1)CC2c1cccc(OC)c1. The van der Waals surface area contributed by atoms with Gasteiger partial charge in [0.25, 0.3) is 5.91 Å². The Balaban J connectivity index is 1.64. The van der Waals surface area contributed by atoms with Gasteiger partial charge in [0.15, 0.2) is 0 Å². The van der Waals surface area contributed by atoms with Gasteiger partial charge in [-0.3, -0.25) is 9.59 Å². The molecule has 1 spiro atoms. The van der Waals surface area contributed by atoms with E-state index in [9.17, 15) is 9.59 Å². The normalized spacial score (nSPS) is 19.8. The fourth-order valence-electron chi connectivity index (χ4n) is 5.02. The second kappa shape index (κ2) is 8.85. The molecule has 5 nitrogen and oxygen atoms in total. The molecule has 2 aromatic carbocycles. The third kappa shape index (κ3) is 4.03. The van der Waals surface area contributed by atoms with Crippen LogP contribution in [-0.2, 0) is 16.1 Å². The van der Waals surface area contributed by atoms with Crippen molar-refractivity contribution in [1.29, 1.82) is 0 Å². The first-order valence-electron chi connectivity index (χ1n) is 10.8. The molecule has 2 heterocycles. The van der Waals surface area contributed by atoms with E-state index in [1.54, 1.807) is 18.9 Å². The van der Waals surface area contributed by atoms with Crippen LogP contribution < -0.4 is 4.74 Å². The molecule has 4 rings (SSSR count). The van der Waals surface area contributed by atoms with Crippen molar-refractivity contribution < 1.29 is 14.3 Å². The van der Waals surface area contributed by atoms with Crippen LogP contribution in [0.25, 0.3) is 0 Å². The minimum Gasteiger partial charge on any atom is -0.497 e. The van der Waals surface area contributed by atoms with Crippen LogP contribution >= 0.6 is 0 Å². The summed E-state index contributed by atoms with van der Waals surface area (Å²) in [5.74, 6) is 6.22. The van der Waals surface area contributed by atoms with Gasteiger partial charge in [0.1, 0.15) is 5.75 Å². The highest BCUT2D eigenvalue weighted by molar-refractivity contribution is 5.94. The van der Waals surface area contributed by atoms with Gasteiger partial charge in [0.05, 0.1) is 12.5 Å². The maximum Gasteiger partial charge on any atom is 0.298 e. The quantitative estimate of drug-likeness (QED) is 0.718. The summed E-state index contributed by atoms with van der Waals surface area (Å²) in [6.45, 7) is 4.05. The summed E-state index contributed by atoms with van der Waals surface area (Å²) in [5, 5.41) is 0. The molecule has 0 bridgehead atoms. The summed E-state index contributed by atoms with van der Waals surface area (Å²) in [5.41, 5.74) is 1.75. The van der Waals surface area contributed by atoms with Gasteiger partial charge in [0.2, 0.25) is 5.91 Å². The highest BCUT2D eigenvalue weighted by Crippen LogP contribution is 2.51. The van der Waals surface area contributed by atoms with Crippen LogP contribution in [0.15, 0.2) is 54.6 Å². The van der Waals surface area contributed by atoms with Crippen molar-refractivity contribution >= 4 is 11.8 Å². The third-order valence-corrected chi connectivity index (χ3v) is 6.67. The topological polar surface area (TPSA) is 49.9 Å². The van der Waals surface area contributed by atoms with Crippen molar-refractivity contribution in [2.24, 2.45) is 5.41 Å². The number of hydrogen-bond donors (Lipinski definition) is 0. The third-order valence-electron chi connectivity index (χ3n) is 6.67. The predicted octanol–water partition coefficient (Wildman–Crippen LogP) is 3.45. The number of piperidine rings is 1. The van der Waals surface area contributed by atoms with Crippen LogP contribution in [0.5, 0.6) is 5.75 Å². The van der Waals surface area contributed by atoms with Crippen molar-refractivity contribution in [2.75, 3.05) is 26.7 Å². The highest BCUT2D eigenvalue weighted by Gasteiger charge is 2.55. The molecule has 1 atom stereocenters. The van der Waals surface area contributed by atoms with E-state index >= 15 is 0 Å². The smallest absolute Gasteiger partial charge is 0.298 e. The molecule has 2 amide bonds. The average Bonchev–Trinajstić information content (AvgIpc) is 3.06. The molecule has 2 aromatic rings. The zero-order valence-corrected chi connectivity index (χ0v) is 18.1. The summed E-state index contributed by atoms with van der Waals surface area (Å²) in [6.07, 6.45) is 1.30. The lowest BCUT2D eigenvalue weighted by Gasteiger charge is -2.40. The fraction of sp³-hybridized carbons (Fsp3) is 0.385. The monoisotopic (exact) mass is 416 g/mol. The average molecular weight is 417 g/mol. The summed E-state index contributed by atoms with van der Waals surface area (Å²) in [4.78, 5) is 29.8. The van der Waals surface area contributed by atoms with Crippen LogP contribution in [0, 0.1) is 17.3 Å². The number of benzene rings is 2. The maximum atomic E-state index is 13.8. The molecular formula is C26H28N2O3. The maximum absolute atomic E-state index is 13.8.